The summed E-state index contributed by atoms with van der Waals surface area (Å²) in [6, 6.07) is 14.4. The van der Waals surface area contributed by atoms with E-state index in [9.17, 15) is 4.39 Å². The molecule has 0 aliphatic heterocycles. The summed E-state index contributed by atoms with van der Waals surface area (Å²) in [5.74, 6) is 0.704. The van der Waals surface area contributed by atoms with Gasteiger partial charge in [-0.05, 0) is 36.8 Å². The first-order chi connectivity index (χ1) is 10.8. The number of ether oxygens (including phenoxy) is 1. The maximum atomic E-state index is 12.9. The van der Waals surface area contributed by atoms with Gasteiger partial charge in [0.2, 0.25) is 0 Å². The molecular weight excluding hydrogens is 277 g/mol. The number of rotatable bonds is 9. The van der Waals surface area contributed by atoms with Crippen molar-refractivity contribution in [1.82, 2.24) is 0 Å². The van der Waals surface area contributed by atoms with Crippen LogP contribution in [0.4, 0.5) is 10.1 Å². The van der Waals surface area contributed by atoms with E-state index in [1.165, 1.54) is 31.4 Å². The lowest BCUT2D eigenvalue weighted by Gasteiger charge is -2.13. The molecule has 2 aromatic rings. The number of nitrogens with one attached hydrogen (secondary N) is 1. The van der Waals surface area contributed by atoms with Crippen molar-refractivity contribution in [3.63, 3.8) is 0 Å². The number of anilines is 1. The fraction of sp³-hybridized carbons (Fsp3) is 0.368. The fourth-order valence-corrected chi connectivity index (χ4v) is 2.27. The molecule has 0 unspecified atom stereocenters. The van der Waals surface area contributed by atoms with Gasteiger partial charge < -0.3 is 10.1 Å². The highest BCUT2D eigenvalue weighted by molar-refractivity contribution is 5.45. The maximum absolute atomic E-state index is 12.9. The first-order valence-electron chi connectivity index (χ1n) is 7.99. The van der Waals surface area contributed by atoms with Crippen molar-refractivity contribution in [2.24, 2.45) is 0 Å². The van der Waals surface area contributed by atoms with Gasteiger partial charge in [0.05, 0.1) is 6.61 Å². The van der Waals surface area contributed by atoms with E-state index in [1.807, 2.05) is 18.2 Å². The van der Waals surface area contributed by atoms with Crippen molar-refractivity contribution in [2.75, 3.05) is 11.9 Å². The van der Waals surface area contributed by atoms with Crippen LogP contribution in [0, 0.1) is 5.82 Å². The van der Waals surface area contributed by atoms with E-state index in [4.69, 9.17) is 4.74 Å². The highest BCUT2D eigenvalue weighted by atomic mass is 19.1. The Morgan fingerprint density at radius 3 is 2.50 bits per heavy atom. The van der Waals surface area contributed by atoms with Crippen molar-refractivity contribution in [3.8, 4) is 5.75 Å². The van der Waals surface area contributed by atoms with Crippen LogP contribution in [0.5, 0.6) is 5.75 Å². The highest BCUT2D eigenvalue weighted by Crippen LogP contribution is 2.20. The Kier molecular flexibility index (Phi) is 6.75. The van der Waals surface area contributed by atoms with Crippen LogP contribution in [0.2, 0.25) is 0 Å². The third-order valence-corrected chi connectivity index (χ3v) is 3.56. The lowest BCUT2D eigenvalue weighted by molar-refractivity contribution is 0.302. The normalized spacial score (nSPS) is 10.5. The van der Waals surface area contributed by atoms with Gasteiger partial charge in [0.25, 0.3) is 0 Å². The van der Waals surface area contributed by atoms with Gasteiger partial charge in [-0.2, -0.15) is 0 Å². The molecule has 0 heterocycles. The topological polar surface area (TPSA) is 21.3 Å². The first-order valence-corrected chi connectivity index (χ1v) is 7.99. The van der Waals surface area contributed by atoms with Crippen LogP contribution < -0.4 is 10.1 Å². The molecule has 0 spiro atoms. The highest BCUT2D eigenvalue weighted by Gasteiger charge is 2.03. The molecule has 2 nitrogen and oxygen atoms in total. The minimum Gasteiger partial charge on any atom is -0.493 e. The van der Waals surface area contributed by atoms with Gasteiger partial charge in [-0.1, -0.05) is 44.4 Å². The van der Waals surface area contributed by atoms with Gasteiger partial charge in [0.1, 0.15) is 11.6 Å². The molecule has 0 atom stereocenters. The third-order valence-electron chi connectivity index (χ3n) is 3.56. The molecule has 118 valence electrons. The van der Waals surface area contributed by atoms with Crippen LogP contribution in [0.15, 0.2) is 48.5 Å². The quantitative estimate of drug-likeness (QED) is 0.626. The van der Waals surface area contributed by atoms with E-state index in [0.717, 1.165) is 30.0 Å². The molecule has 0 aliphatic carbocycles. The molecule has 2 rings (SSSR count). The maximum Gasteiger partial charge on any atom is 0.124 e. The Labute approximate surface area is 132 Å². The van der Waals surface area contributed by atoms with Gasteiger partial charge in [0, 0.05) is 17.8 Å². The summed E-state index contributed by atoms with van der Waals surface area (Å²) < 4.78 is 18.8. The van der Waals surface area contributed by atoms with Crippen LogP contribution in [-0.2, 0) is 6.54 Å². The Balaban J connectivity index is 1.86. The molecule has 0 saturated carbocycles. The second-order valence-electron chi connectivity index (χ2n) is 5.38. The first kappa shape index (κ1) is 16.3. The molecule has 0 aromatic heterocycles. The van der Waals surface area contributed by atoms with E-state index in [-0.39, 0.29) is 5.82 Å². The largest absolute Gasteiger partial charge is 0.493 e. The van der Waals surface area contributed by atoms with Crippen LogP contribution >= 0.6 is 0 Å². The number of hydrogen-bond acceptors (Lipinski definition) is 2. The minimum absolute atomic E-state index is 0.221. The summed E-state index contributed by atoms with van der Waals surface area (Å²) in [5.41, 5.74) is 2.02. The van der Waals surface area contributed by atoms with Crippen LogP contribution in [0.1, 0.15) is 38.2 Å². The Hall–Kier alpha value is -2.03. The molecule has 0 saturated heterocycles. The zero-order chi connectivity index (χ0) is 15.6. The molecule has 22 heavy (non-hydrogen) atoms. The standard InChI is InChI=1S/C19H24FNO/c1-2-3-4-7-14-22-19-9-6-5-8-16(19)15-21-18-12-10-17(20)11-13-18/h5-6,8-13,21H,2-4,7,14-15H2,1H3. The zero-order valence-corrected chi connectivity index (χ0v) is 13.1. The Bertz CT molecular complexity index is 554. The monoisotopic (exact) mass is 301 g/mol. The minimum atomic E-state index is -0.221. The van der Waals surface area contributed by atoms with Crippen LogP contribution in [0.25, 0.3) is 0 Å². The van der Waals surface area contributed by atoms with E-state index in [0.29, 0.717) is 6.54 Å². The average molecular weight is 301 g/mol. The number of hydrogen-bond donors (Lipinski definition) is 1. The van der Waals surface area contributed by atoms with Gasteiger partial charge in [-0.3, -0.25) is 0 Å². The number of para-hydroxylation sites is 1. The van der Waals surface area contributed by atoms with E-state index in [2.05, 4.69) is 18.3 Å². The molecule has 0 aliphatic rings. The predicted molar refractivity (Wildman–Crippen MR) is 89.8 cm³/mol. The van der Waals surface area contributed by atoms with Crippen molar-refractivity contribution in [1.29, 1.82) is 0 Å². The Morgan fingerprint density at radius 2 is 1.73 bits per heavy atom. The summed E-state index contributed by atoms with van der Waals surface area (Å²) >= 11 is 0. The summed E-state index contributed by atoms with van der Waals surface area (Å²) in [4.78, 5) is 0. The third kappa shape index (κ3) is 5.40. The van der Waals surface area contributed by atoms with E-state index < -0.39 is 0 Å². The summed E-state index contributed by atoms with van der Waals surface area (Å²) in [6.07, 6.45) is 4.80. The average Bonchev–Trinajstić information content (AvgIpc) is 2.55. The van der Waals surface area contributed by atoms with Gasteiger partial charge in [-0.15, -0.1) is 0 Å². The summed E-state index contributed by atoms with van der Waals surface area (Å²) in [5, 5.41) is 3.29. The molecule has 0 bridgehead atoms. The fourth-order valence-electron chi connectivity index (χ4n) is 2.27. The van der Waals surface area contributed by atoms with E-state index in [1.54, 1.807) is 12.1 Å². The lowest BCUT2D eigenvalue weighted by Crippen LogP contribution is -2.04. The molecule has 3 heteroatoms. The van der Waals surface area contributed by atoms with Gasteiger partial charge in [-0.25, -0.2) is 4.39 Å². The van der Waals surface area contributed by atoms with Crippen molar-refractivity contribution < 1.29 is 9.13 Å². The number of benzene rings is 2. The van der Waals surface area contributed by atoms with Crippen LogP contribution in [0.3, 0.4) is 0 Å². The molecule has 0 radical (unpaired) electrons. The zero-order valence-electron chi connectivity index (χ0n) is 13.1. The van der Waals surface area contributed by atoms with Crippen LogP contribution in [-0.4, -0.2) is 6.61 Å². The van der Waals surface area contributed by atoms with Crippen molar-refractivity contribution in [2.45, 2.75) is 39.2 Å². The summed E-state index contributed by atoms with van der Waals surface area (Å²) in [6.45, 7) is 3.63. The molecule has 1 N–H and O–H groups in total. The second-order valence-corrected chi connectivity index (χ2v) is 5.38. The van der Waals surface area contributed by atoms with Gasteiger partial charge >= 0.3 is 0 Å². The molecular formula is C19H24FNO. The van der Waals surface area contributed by atoms with E-state index >= 15 is 0 Å². The molecule has 0 amide bonds. The molecule has 2 aromatic carbocycles. The number of halogens is 1. The van der Waals surface area contributed by atoms with Crippen molar-refractivity contribution >= 4 is 5.69 Å². The number of unbranched alkanes of at least 4 members (excludes halogenated alkanes) is 3. The molecule has 0 fully saturated rings. The summed E-state index contributed by atoms with van der Waals surface area (Å²) in [7, 11) is 0. The Morgan fingerprint density at radius 1 is 0.955 bits per heavy atom. The smallest absolute Gasteiger partial charge is 0.124 e. The lowest BCUT2D eigenvalue weighted by atomic mass is 10.2. The SMILES string of the molecule is CCCCCCOc1ccccc1CNc1ccc(F)cc1. The van der Waals surface area contributed by atoms with Crippen molar-refractivity contribution in [3.05, 3.63) is 59.9 Å². The second kappa shape index (κ2) is 9.08. The predicted octanol–water partition coefficient (Wildman–Crippen LogP) is 5.40. The van der Waals surface area contributed by atoms with Gasteiger partial charge in [0.15, 0.2) is 0 Å².